The Hall–Kier alpha value is -1.85. The second kappa shape index (κ2) is 6.74. The Bertz CT molecular complexity index is 610. The molecule has 2 aromatic rings. The molecule has 2 rings (SSSR count). The predicted octanol–water partition coefficient (Wildman–Crippen LogP) is 3.00. The van der Waals surface area contributed by atoms with Gasteiger partial charge in [0, 0.05) is 10.9 Å². The molecular weight excluding hydrogens is 286 g/mol. The standard InChI is InChI=1S/C16H19NO3S/c1-10-5-6-12(13(18)8-10)16(20)17-11(2)9-14(19)15-4-3-7-21-15/h3-8,11,14,18-19H,9H2,1-2H3,(H,17,20). The summed E-state index contributed by atoms with van der Waals surface area (Å²) in [6.45, 7) is 3.68. The van der Waals surface area contributed by atoms with Crippen molar-refractivity contribution in [2.75, 3.05) is 0 Å². The zero-order chi connectivity index (χ0) is 15.4. The van der Waals surface area contributed by atoms with E-state index in [2.05, 4.69) is 5.32 Å². The number of aliphatic hydroxyl groups excluding tert-OH is 1. The maximum Gasteiger partial charge on any atom is 0.255 e. The van der Waals surface area contributed by atoms with E-state index in [-0.39, 0.29) is 23.3 Å². The van der Waals surface area contributed by atoms with Crippen LogP contribution < -0.4 is 5.32 Å². The van der Waals surface area contributed by atoms with Gasteiger partial charge < -0.3 is 15.5 Å². The number of aromatic hydroxyl groups is 1. The van der Waals surface area contributed by atoms with Crippen LogP contribution in [-0.4, -0.2) is 22.2 Å². The van der Waals surface area contributed by atoms with E-state index < -0.39 is 6.10 Å². The van der Waals surface area contributed by atoms with Gasteiger partial charge in [-0.15, -0.1) is 11.3 Å². The van der Waals surface area contributed by atoms with Crippen LogP contribution in [0.15, 0.2) is 35.7 Å². The fraction of sp³-hybridized carbons (Fsp3) is 0.312. The van der Waals surface area contributed by atoms with Gasteiger partial charge >= 0.3 is 0 Å². The van der Waals surface area contributed by atoms with Crippen molar-refractivity contribution in [3.05, 3.63) is 51.7 Å². The van der Waals surface area contributed by atoms with Crippen molar-refractivity contribution in [3.63, 3.8) is 0 Å². The zero-order valence-electron chi connectivity index (χ0n) is 12.0. The van der Waals surface area contributed by atoms with Gasteiger partial charge in [-0.3, -0.25) is 4.79 Å². The van der Waals surface area contributed by atoms with Gasteiger partial charge in [0.2, 0.25) is 0 Å². The summed E-state index contributed by atoms with van der Waals surface area (Å²) in [6, 6.07) is 8.49. The number of amides is 1. The van der Waals surface area contributed by atoms with E-state index in [9.17, 15) is 15.0 Å². The van der Waals surface area contributed by atoms with Crippen LogP contribution in [0.2, 0.25) is 0 Å². The van der Waals surface area contributed by atoms with Crippen molar-refractivity contribution in [1.82, 2.24) is 5.32 Å². The number of carbonyl (C=O) groups is 1. The van der Waals surface area contributed by atoms with Gasteiger partial charge in [0.15, 0.2) is 0 Å². The minimum atomic E-state index is -0.591. The van der Waals surface area contributed by atoms with Crippen LogP contribution in [0.4, 0.5) is 0 Å². The first-order chi connectivity index (χ1) is 9.97. The third-order valence-corrected chi connectivity index (χ3v) is 4.20. The van der Waals surface area contributed by atoms with Crippen LogP contribution in [0.3, 0.4) is 0 Å². The average molecular weight is 305 g/mol. The number of phenolic OH excluding ortho intramolecular Hbond substituents is 1. The van der Waals surface area contributed by atoms with E-state index in [0.717, 1.165) is 10.4 Å². The Kier molecular flexibility index (Phi) is 4.98. The highest BCUT2D eigenvalue weighted by Crippen LogP contribution is 2.23. The average Bonchev–Trinajstić information content (AvgIpc) is 2.91. The number of rotatable bonds is 5. The molecule has 0 fully saturated rings. The highest BCUT2D eigenvalue weighted by Gasteiger charge is 2.17. The molecule has 0 aliphatic carbocycles. The summed E-state index contributed by atoms with van der Waals surface area (Å²) in [4.78, 5) is 13.0. The monoisotopic (exact) mass is 305 g/mol. The number of nitrogens with one attached hydrogen (secondary N) is 1. The summed E-state index contributed by atoms with van der Waals surface area (Å²) < 4.78 is 0. The maximum atomic E-state index is 12.1. The van der Waals surface area contributed by atoms with Crippen molar-refractivity contribution < 1.29 is 15.0 Å². The lowest BCUT2D eigenvalue weighted by molar-refractivity contribution is 0.0915. The van der Waals surface area contributed by atoms with Crippen LogP contribution in [0.5, 0.6) is 5.75 Å². The molecule has 112 valence electrons. The van der Waals surface area contributed by atoms with Gasteiger partial charge in [-0.25, -0.2) is 0 Å². The topological polar surface area (TPSA) is 69.6 Å². The Morgan fingerprint density at radius 3 is 2.76 bits per heavy atom. The molecule has 0 bridgehead atoms. The number of thiophene rings is 1. The number of hydrogen-bond donors (Lipinski definition) is 3. The molecule has 0 saturated carbocycles. The Balaban J connectivity index is 1.96. The Labute approximate surface area is 128 Å². The molecule has 1 aromatic carbocycles. The quantitative estimate of drug-likeness (QED) is 0.795. The van der Waals surface area contributed by atoms with Crippen LogP contribution >= 0.6 is 11.3 Å². The lowest BCUT2D eigenvalue weighted by atomic mass is 10.1. The second-order valence-electron chi connectivity index (χ2n) is 5.16. The fourth-order valence-electron chi connectivity index (χ4n) is 2.13. The molecule has 1 aromatic heterocycles. The largest absolute Gasteiger partial charge is 0.507 e. The van der Waals surface area contributed by atoms with Crippen molar-refractivity contribution >= 4 is 17.2 Å². The smallest absolute Gasteiger partial charge is 0.255 e. The predicted molar refractivity (Wildman–Crippen MR) is 83.7 cm³/mol. The highest BCUT2D eigenvalue weighted by atomic mass is 32.1. The van der Waals surface area contributed by atoms with E-state index in [1.165, 1.54) is 11.3 Å². The molecule has 0 radical (unpaired) electrons. The summed E-state index contributed by atoms with van der Waals surface area (Å²) in [5, 5.41) is 24.6. The van der Waals surface area contributed by atoms with Gasteiger partial charge in [-0.05, 0) is 49.4 Å². The molecule has 1 amide bonds. The third-order valence-electron chi connectivity index (χ3n) is 3.22. The van der Waals surface area contributed by atoms with Crippen LogP contribution in [0.1, 0.15) is 40.2 Å². The highest BCUT2D eigenvalue weighted by molar-refractivity contribution is 7.10. The molecule has 21 heavy (non-hydrogen) atoms. The van der Waals surface area contributed by atoms with Gasteiger partial charge in [-0.2, -0.15) is 0 Å². The van der Waals surface area contributed by atoms with Crippen molar-refractivity contribution in [2.24, 2.45) is 0 Å². The Morgan fingerprint density at radius 1 is 1.38 bits per heavy atom. The van der Waals surface area contributed by atoms with E-state index in [0.29, 0.717) is 6.42 Å². The Morgan fingerprint density at radius 2 is 2.14 bits per heavy atom. The molecular formula is C16H19NO3S. The number of hydrogen-bond acceptors (Lipinski definition) is 4. The minimum Gasteiger partial charge on any atom is -0.507 e. The zero-order valence-corrected chi connectivity index (χ0v) is 12.9. The summed E-state index contributed by atoms with van der Waals surface area (Å²) in [5.74, 6) is -0.364. The molecule has 5 heteroatoms. The maximum absolute atomic E-state index is 12.1. The molecule has 0 saturated heterocycles. The van der Waals surface area contributed by atoms with Crippen molar-refractivity contribution in [1.29, 1.82) is 0 Å². The van der Waals surface area contributed by atoms with Gasteiger partial charge in [0.1, 0.15) is 5.75 Å². The van der Waals surface area contributed by atoms with E-state index in [1.54, 1.807) is 18.2 Å². The number of aryl methyl sites for hydroxylation is 1. The van der Waals surface area contributed by atoms with Crippen molar-refractivity contribution in [3.8, 4) is 5.75 Å². The molecule has 0 aliphatic rings. The molecule has 3 N–H and O–H groups in total. The summed E-state index contributed by atoms with van der Waals surface area (Å²) in [7, 11) is 0. The molecule has 4 nitrogen and oxygen atoms in total. The third kappa shape index (κ3) is 4.06. The van der Waals surface area contributed by atoms with Crippen LogP contribution in [0, 0.1) is 6.92 Å². The van der Waals surface area contributed by atoms with Crippen LogP contribution in [-0.2, 0) is 0 Å². The first kappa shape index (κ1) is 15.5. The van der Waals surface area contributed by atoms with E-state index >= 15 is 0 Å². The number of carbonyl (C=O) groups excluding carboxylic acids is 1. The molecule has 1 heterocycles. The van der Waals surface area contributed by atoms with Gasteiger partial charge in [0.25, 0.3) is 5.91 Å². The number of benzene rings is 1. The molecule has 2 unspecified atom stereocenters. The lowest BCUT2D eigenvalue weighted by Crippen LogP contribution is -2.33. The van der Waals surface area contributed by atoms with E-state index in [1.807, 2.05) is 31.4 Å². The first-order valence-corrected chi connectivity index (χ1v) is 7.67. The van der Waals surface area contributed by atoms with Crippen molar-refractivity contribution in [2.45, 2.75) is 32.4 Å². The summed E-state index contributed by atoms with van der Waals surface area (Å²) in [6.07, 6.45) is -0.161. The minimum absolute atomic E-state index is 0.0292. The molecule has 2 atom stereocenters. The molecule has 0 spiro atoms. The fourth-order valence-corrected chi connectivity index (χ4v) is 2.85. The number of aliphatic hydroxyl groups is 1. The lowest BCUT2D eigenvalue weighted by Gasteiger charge is -2.17. The van der Waals surface area contributed by atoms with E-state index in [4.69, 9.17) is 0 Å². The van der Waals surface area contributed by atoms with Gasteiger partial charge in [-0.1, -0.05) is 12.1 Å². The SMILES string of the molecule is Cc1ccc(C(=O)NC(C)CC(O)c2cccs2)c(O)c1. The van der Waals surface area contributed by atoms with Crippen LogP contribution in [0.25, 0.3) is 0 Å². The summed E-state index contributed by atoms with van der Waals surface area (Å²) >= 11 is 1.49. The first-order valence-electron chi connectivity index (χ1n) is 6.79. The van der Waals surface area contributed by atoms with Gasteiger partial charge in [0.05, 0.1) is 11.7 Å². The summed E-state index contributed by atoms with van der Waals surface area (Å²) in [5.41, 5.74) is 1.14. The number of phenols is 1. The second-order valence-corrected chi connectivity index (χ2v) is 6.14. The normalized spacial score (nSPS) is 13.7. The molecule has 0 aliphatic heterocycles.